The zero-order valence-electron chi connectivity index (χ0n) is 26.9. The summed E-state index contributed by atoms with van der Waals surface area (Å²) in [5, 5.41) is 11.8. The molecule has 0 spiro atoms. The third-order valence-corrected chi connectivity index (χ3v) is 7.77. The lowest BCUT2D eigenvalue weighted by Crippen LogP contribution is -2.16. The Kier molecular flexibility index (Phi) is 15.1. The highest BCUT2D eigenvalue weighted by Gasteiger charge is 2.22. The molecule has 0 aromatic heterocycles. The van der Waals surface area contributed by atoms with Crippen molar-refractivity contribution in [2.24, 2.45) is 0 Å². The van der Waals surface area contributed by atoms with E-state index in [4.69, 9.17) is 14.2 Å². The number of hydrogen-bond acceptors (Lipinski definition) is 7. The first-order valence-corrected chi connectivity index (χ1v) is 16.4. The minimum atomic E-state index is -0.701. The fraction of sp³-hybridized carbons (Fsp3) is 0.459. The molecule has 8 heteroatoms. The van der Waals surface area contributed by atoms with Gasteiger partial charge in [-0.1, -0.05) is 96.4 Å². The average molecular weight is 618 g/mol. The number of nitrogens with zero attached hydrogens (tertiary/aromatic N) is 1. The Morgan fingerprint density at radius 3 is 1.91 bits per heavy atom. The van der Waals surface area contributed by atoms with E-state index in [0.717, 1.165) is 62.5 Å². The Morgan fingerprint density at radius 1 is 0.711 bits per heavy atom. The van der Waals surface area contributed by atoms with E-state index in [1.54, 1.807) is 36.4 Å². The second-order valence-electron chi connectivity index (χ2n) is 11.3. The lowest BCUT2D eigenvalue weighted by Gasteiger charge is -2.17. The molecule has 0 saturated heterocycles. The van der Waals surface area contributed by atoms with Gasteiger partial charge < -0.3 is 14.2 Å². The predicted octanol–water partition coefficient (Wildman–Crippen LogP) is 10.1. The number of unbranched alkanes of at least 4 members (excludes halogenated alkanes) is 8. The molecule has 3 aromatic carbocycles. The van der Waals surface area contributed by atoms with Crippen molar-refractivity contribution < 1.29 is 28.7 Å². The van der Waals surface area contributed by atoms with Crippen molar-refractivity contribution in [3.8, 4) is 22.6 Å². The lowest BCUT2D eigenvalue weighted by atomic mass is 10.0. The maximum atomic E-state index is 12.9. The highest BCUT2D eigenvalue weighted by Crippen LogP contribution is 2.31. The van der Waals surface area contributed by atoms with Crippen LogP contribution in [0.3, 0.4) is 0 Å². The van der Waals surface area contributed by atoms with Crippen molar-refractivity contribution in [3.05, 3.63) is 88.0 Å². The van der Waals surface area contributed by atoms with Crippen LogP contribution in [0.15, 0.2) is 66.7 Å². The second kappa shape index (κ2) is 19.2. The number of nitro groups is 1. The lowest BCUT2D eigenvalue weighted by molar-refractivity contribution is -0.386. The van der Waals surface area contributed by atoms with E-state index in [9.17, 15) is 19.7 Å². The van der Waals surface area contributed by atoms with Gasteiger partial charge in [-0.05, 0) is 73.2 Å². The Labute approximate surface area is 267 Å². The van der Waals surface area contributed by atoms with E-state index < -0.39 is 10.9 Å². The number of carbonyl (C=O) groups excluding carboxylic acids is 2. The highest BCUT2D eigenvalue weighted by molar-refractivity contribution is 5.92. The molecule has 3 rings (SSSR count). The van der Waals surface area contributed by atoms with Gasteiger partial charge in [-0.3, -0.25) is 10.1 Å². The van der Waals surface area contributed by atoms with E-state index in [0.29, 0.717) is 17.9 Å². The number of rotatable bonds is 20. The van der Waals surface area contributed by atoms with Crippen molar-refractivity contribution in [1.82, 2.24) is 0 Å². The van der Waals surface area contributed by atoms with Crippen molar-refractivity contribution in [2.45, 2.75) is 104 Å². The van der Waals surface area contributed by atoms with Crippen LogP contribution in [0.4, 0.5) is 5.69 Å². The molecule has 0 aliphatic rings. The summed E-state index contributed by atoms with van der Waals surface area (Å²) in [6.45, 7) is 6.76. The van der Waals surface area contributed by atoms with Crippen LogP contribution in [0.5, 0.6) is 11.5 Å². The smallest absolute Gasteiger partial charge is 0.343 e. The molecule has 0 bridgehead atoms. The van der Waals surface area contributed by atoms with Gasteiger partial charge >= 0.3 is 17.6 Å². The fourth-order valence-corrected chi connectivity index (χ4v) is 5.02. The molecule has 1 atom stereocenters. The van der Waals surface area contributed by atoms with Crippen molar-refractivity contribution in [3.63, 3.8) is 0 Å². The molecule has 0 fully saturated rings. The van der Waals surface area contributed by atoms with Gasteiger partial charge in [-0.15, -0.1) is 0 Å². The van der Waals surface area contributed by atoms with Gasteiger partial charge in [-0.25, -0.2) is 9.59 Å². The fourth-order valence-electron chi connectivity index (χ4n) is 5.02. The Morgan fingerprint density at radius 2 is 1.29 bits per heavy atom. The number of ether oxygens (including phenoxy) is 3. The number of esters is 2. The zero-order valence-corrected chi connectivity index (χ0v) is 26.9. The molecule has 8 nitrogen and oxygen atoms in total. The maximum Gasteiger partial charge on any atom is 0.343 e. The first-order chi connectivity index (χ1) is 21.9. The molecule has 0 N–H and O–H groups in total. The molecule has 45 heavy (non-hydrogen) atoms. The summed E-state index contributed by atoms with van der Waals surface area (Å²) in [4.78, 5) is 36.5. The molecule has 0 saturated carbocycles. The average Bonchev–Trinajstić information content (AvgIpc) is 3.06. The van der Waals surface area contributed by atoms with Gasteiger partial charge in [0.1, 0.15) is 5.75 Å². The quantitative estimate of drug-likeness (QED) is 0.0408. The Balaban J connectivity index is 1.56. The third kappa shape index (κ3) is 11.7. The molecule has 242 valence electrons. The summed E-state index contributed by atoms with van der Waals surface area (Å²) >= 11 is 0. The number of nitro benzene ring substituents is 1. The largest absolute Gasteiger partial charge is 0.484 e. The zero-order chi connectivity index (χ0) is 32.4. The summed E-state index contributed by atoms with van der Waals surface area (Å²) in [5.41, 5.74) is 2.06. The van der Waals surface area contributed by atoms with Gasteiger partial charge in [-0.2, -0.15) is 0 Å². The second-order valence-corrected chi connectivity index (χ2v) is 11.3. The normalized spacial score (nSPS) is 11.5. The van der Waals surface area contributed by atoms with E-state index in [1.807, 2.05) is 19.1 Å². The molecule has 3 aromatic rings. The van der Waals surface area contributed by atoms with Crippen LogP contribution in [-0.2, 0) is 4.74 Å². The monoisotopic (exact) mass is 617 g/mol. The molecular weight excluding hydrogens is 570 g/mol. The molecule has 0 heterocycles. The standard InChI is InChI=1S/C37H47NO7/c1-4-7-9-11-12-14-26-43-36(39)30-18-16-28(17-19-30)29-20-23-33(24-21-29)45-37(40)31-22-25-35(34(27-31)38(41)42)44-32(6-3)15-13-10-8-5-2/h16-25,27,32H,4-15,26H2,1-3H3. The van der Waals surface area contributed by atoms with Gasteiger partial charge in [0.25, 0.3) is 0 Å². The Bertz CT molecular complexity index is 1350. The SMILES string of the molecule is CCCCCCCCOC(=O)c1ccc(-c2ccc(OC(=O)c3ccc(OC(CC)CCCCCC)c([N+](=O)[O-])c3)cc2)cc1. The summed E-state index contributed by atoms with van der Waals surface area (Å²) in [6, 6.07) is 18.3. The third-order valence-electron chi connectivity index (χ3n) is 7.77. The van der Waals surface area contributed by atoms with E-state index in [-0.39, 0.29) is 29.1 Å². The molecular formula is C37H47NO7. The molecule has 0 aliphatic carbocycles. The molecule has 0 amide bonds. The van der Waals surface area contributed by atoms with Crippen LogP contribution < -0.4 is 9.47 Å². The molecule has 0 radical (unpaired) electrons. The van der Waals surface area contributed by atoms with Crippen molar-refractivity contribution in [2.75, 3.05) is 6.61 Å². The number of carbonyl (C=O) groups is 2. The van der Waals surface area contributed by atoms with Crippen molar-refractivity contribution >= 4 is 17.6 Å². The predicted molar refractivity (Wildman–Crippen MR) is 177 cm³/mol. The van der Waals surface area contributed by atoms with E-state index in [1.165, 1.54) is 43.9 Å². The highest BCUT2D eigenvalue weighted by atomic mass is 16.6. The maximum absolute atomic E-state index is 12.9. The molecule has 1 unspecified atom stereocenters. The van der Waals surface area contributed by atoms with Crippen molar-refractivity contribution in [1.29, 1.82) is 0 Å². The van der Waals surface area contributed by atoms with E-state index in [2.05, 4.69) is 13.8 Å². The topological polar surface area (TPSA) is 105 Å². The van der Waals surface area contributed by atoms with Gasteiger partial charge in [0.2, 0.25) is 0 Å². The van der Waals surface area contributed by atoms with Crippen LogP contribution in [0.2, 0.25) is 0 Å². The minimum Gasteiger partial charge on any atom is -0.484 e. The summed E-state index contributed by atoms with van der Waals surface area (Å²) in [5.74, 6) is -0.572. The van der Waals surface area contributed by atoms with Crippen LogP contribution in [0, 0.1) is 10.1 Å². The summed E-state index contributed by atoms with van der Waals surface area (Å²) < 4.78 is 16.9. The molecule has 0 aliphatic heterocycles. The van der Waals surface area contributed by atoms with Gasteiger partial charge in [0.05, 0.1) is 28.8 Å². The van der Waals surface area contributed by atoms with Gasteiger partial charge in [0.15, 0.2) is 5.75 Å². The number of benzene rings is 3. The first kappa shape index (κ1) is 35.3. The van der Waals surface area contributed by atoms with Crippen LogP contribution in [0.25, 0.3) is 11.1 Å². The Hall–Kier alpha value is -4.20. The van der Waals surface area contributed by atoms with E-state index >= 15 is 0 Å². The summed E-state index contributed by atoms with van der Waals surface area (Å²) in [6.07, 6.45) is 12.6. The first-order valence-electron chi connectivity index (χ1n) is 16.4. The minimum absolute atomic E-state index is 0.0630. The van der Waals surface area contributed by atoms with Gasteiger partial charge in [0, 0.05) is 6.07 Å². The summed E-state index contributed by atoms with van der Waals surface area (Å²) in [7, 11) is 0. The van der Waals surface area contributed by atoms with Crippen LogP contribution in [0.1, 0.15) is 119 Å². The van der Waals surface area contributed by atoms with Crippen LogP contribution >= 0.6 is 0 Å². The van der Waals surface area contributed by atoms with Crippen LogP contribution in [-0.4, -0.2) is 29.6 Å². The number of hydrogen-bond donors (Lipinski definition) is 0.